The van der Waals surface area contributed by atoms with Gasteiger partial charge in [-0.2, -0.15) is 0 Å². The number of aliphatic hydroxyl groups is 1. The van der Waals surface area contributed by atoms with E-state index in [1.165, 1.54) is 25.7 Å². The number of hydrogen-bond acceptors (Lipinski definition) is 3. The van der Waals surface area contributed by atoms with Crippen LogP contribution < -0.4 is 5.32 Å². The first-order valence-corrected chi connectivity index (χ1v) is 7.72. The van der Waals surface area contributed by atoms with Crippen molar-refractivity contribution in [1.29, 1.82) is 0 Å². The summed E-state index contributed by atoms with van der Waals surface area (Å²) in [6.45, 7) is 6.54. The van der Waals surface area contributed by atoms with Crippen molar-refractivity contribution in [2.24, 2.45) is 11.3 Å². The van der Waals surface area contributed by atoms with E-state index >= 15 is 0 Å². The molecule has 3 nitrogen and oxygen atoms in total. The summed E-state index contributed by atoms with van der Waals surface area (Å²) in [6, 6.07) is 0.663. The van der Waals surface area contributed by atoms with E-state index in [9.17, 15) is 0 Å². The Labute approximate surface area is 111 Å². The summed E-state index contributed by atoms with van der Waals surface area (Å²) >= 11 is 0. The molecule has 0 aromatic heterocycles. The largest absolute Gasteiger partial charge is 0.396 e. The molecule has 0 amide bonds. The Morgan fingerprint density at radius 3 is 2.67 bits per heavy atom. The minimum absolute atomic E-state index is 0.317. The quantitative estimate of drug-likeness (QED) is 0.699. The lowest BCUT2D eigenvalue weighted by molar-refractivity contribution is -0.173. The summed E-state index contributed by atoms with van der Waals surface area (Å²) in [6.07, 6.45) is 7.82. The second-order valence-electron chi connectivity index (χ2n) is 6.01. The molecule has 2 N–H and O–H groups in total. The average Bonchev–Trinajstić information content (AvgIpc) is 2.29. The summed E-state index contributed by atoms with van der Waals surface area (Å²) in [5.74, 6) is 0.623. The van der Waals surface area contributed by atoms with Crippen LogP contribution in [0.2, 0.25) is 0 Å². The van der Waals surface area contributed by atoms with Crippen molar-refractivity contribution >= 4 is 0 Å². The molecule has 0 aromatic rings. The highest BCUT2D eigenvalue weighted by Crippen LogP contribution is 2.57. The van der Waals surface area contributed by atoms with Gasteiger partial charge in [0.05, 0.1) is 6.10 Å². The van der Waals surface area contributed by atoms with Gasteiger partial charge in [0.2, 0.25) is 0 Å². The van der Waals surface area contributed by atoms with Gasteiger partial charge in [-0.05, 0) is 45.1 Å². The van der Waals surface area contributed by atoms with Gasteiger partial charge in [-0.25, -0.2) is 0 Å². The molecule has 0 heterocycles. The van der Waals surface area contributed by atoms with E-state index in [0.717, 1.165) is 26.0 Å². The Morgan fingerprint density at radius 2 is 2.17 bits per heavy atom. The summed E-state index contributed by atoms with van der Waals surface area (Å²) in [5.41, 5.74) is 0.466. The monoisotopic (exact) mass is 255 g/mol. The number of ether oxygens (including phenoxy) is 1. The van der Waals surface area contributed by atoms with Crippen LogP contribution in [0, 0.1) is 11.3 Å². The maximum absolute atomic E-state index is 9.03. The predicted molar refractivity (Wildman–Crippen MR) is 73.6 cm³/mol. The van der Waals surface area contributed by atoms with E-state index in [1.807, 2.05) is 0 Å². The minimum Gasteiger partial charge on any atom is -0.396 e. The van der Waals surface area contributed by atoms with Crippen molar-refractivity contribution in [3.05, 3.63) is 0 Å². The molecule has 2 fully saturated rings. The summed E-state index contributed by atoms with van der Waals surface area (Å²) in [4.78, 5) is 0. The van der Waals surface area contributed by atoms with Gasteiger partial charge in [0.15, 0.2) is 0 Å². The zero-order valence-corrected chi connectivity index (χ0v) is 12.0. The highest BCUT2D eigenvalue weighted by Gasteiger charge is 2.58. The lowest BCUT2D eigenvalue weighted by Gasteiger charge is -2.61. The Morgan fingerprint density at radius 1 is 1.39 bits per heavy atom. The molecule has 2 aliphatic rings. The molecule has 0 radical (unpaired) electrons. The topological polar surface area (TPSA) is 41.5 Å². The fourth-order valence-corrected chi connectivity index (χ4v) is 3.67. The molecular formula is C15H29NO2. The van der Waals surface area contributed by atoms with E-state index < -0.39 is 0 Å². The van der Waals surface area contributed by atoms with Crippen LogP contribution in [0.15, 0.2) is 0 Å². The molecule has 3 unspecified atom stereocenters. The molecule has 18 heavy (non-hydrogen) atoms. The molecule has 2 aliphatic carbocycles. The molecule has 1 spiro atoms. The van der Waals surface area contributed by atoms with Gasteiger partial charge < -0.3 is 15.2 Å². The molecule has 106 valence electrons. The normalized spacial score (nSPS) is 30.8. The third kappa shape index (κ3) is 2.59. The second kappa shape index (κ2) is 6.36. The van der Waals surface area contributed by atoms with Crippen LogP contribution in [-0.2, 0) is 4.74 Å². The number of nitrogens with one attached hydrogen (secondary N) is 1. The zero-order chi connectivity index (χ0) is 13.0. The molecule has 0 aromatic carbocycles. The highest BCUT2D eigenvalue weighted by atomic mass is 16.5. The van der Waals surface area contributed by atoms with Crippen LogP contribution in [0.5, 0.6) is 0 Å². The van der Waals surface area contributed by atoms with E-state index in [4.69, 9.17) is 9.84 Å². The molecular weight excluding hydrogens is 226 g/mol. The van der Waals surface area contributed by atoms with E-state index in [-0.39, 0.29) is 0 Å². The molecule has 0 bridgehead atoms. The minimum atomic E-state index is 0.317. The second-order valence-corrected chi connectivity index (χ2v) is 6.01. The van der Waals surface area contributed by atoms with Crippen molar-refractivity contribution in [3.8, 4) is 0 Å². The third-order valence-corrected chi connectivity index (χ3v) is 5.20. The van der Waals surface area contributed by atoms with Crippen LogP contribution >= 0.6 is 0 Å². The number of aliphatic hydroxyl groups excluding tert-OH is 1. The SMILES string of the molecule is CCOC1CC(NCC(CC)CCO)C12CCC2. The van der Waals surface area contributed by atoms with Crippen LogP contribution in [0.25, 0.3) is 0 Å². The zero-order valence-electron chi connectivity index (χ0n) is 12.0. The van der Waals surface area contributed by atoms with Gasteiger partial charge in [-0.15, -0.1) is 0 Å². The first-order valence-electron chi connectivity index (χ1n) is 7.72. The maximum atomic E-state index is 9.03. The van der Waals surface area contributed by atoms with E-state index in [1.54, 1.807) is 0 Å². The van der Waals surface area contributed by atoms with Crippen LogP contribution in [0.1, 0.15) is 52.4 Å². The number of rotatable bonds is 8. The maximum Gasteiger partial charge on any atom is 0.0661 e. The molecule has 0 saturated heterocycles. The van der Waals surface area contributed by atoms with Crippen molar-refractivity contribution in [2.75, 3.05) is 19.8 Å². The molecule has 3 heteroatoms. The summed E-state index contributed by atoms with van der Waals surface area (Å²) in [7, 11) is 0. The lowest BCUT2D eigenvalue weighted by atomic mass is 9.51. The van der Waals surface area contributed by atoms with Gasteiger partial charge in [-0.1, -0.05) is 19.8 Å². The van der Waals surface area contributed by atoms with Crippen LogP contribution in [0.4, 0.5) is 0 Å². The Kier molecular flexibility index (Phi) is 5.05. The molecule has 2 saturated carbocycles. The Hall–Kier alpha value is -0.120. The summed E-state index contributed by atoms with van der Waals surface area (Å²) in [5, 5.41) is 12.8. The van der Waals surface area contributed by atoms with E-state index in [2.05, 4.69) is 19.2 Å². The molecule has 0 aliphatic heterocycles. The predicted octanol–water partition coefficient (Wildman–Crippen LogP) is 2.33. The first kappa shape index (κ1) is 14.3. The fraction of sp³-hybridized carbons (Fsp3) is 1.00. The van der Waals surface area contributed by atoms with Crippen molar-refractivity contribution in [2.45, 2.75) is 64.5 Å². The Balaban J connectivity index is 1.77. The Bertz CT molecular complexity index is 253. The van der Waals surface area contributed by atoms with E-state index in [0.29, 0.717) is 30.1 Å². The average molecular weight is 255 g/mol. The standard InChI is InChI=1S/C15H29NO2/c1-3-12(6-9-17)11-16-13-10-14(18-4-2)15(13)7-5-8-15/h12-14,16-17H,3-11H2,1-2H3. The van der Waals surface area contributed by atoms with Crippen molar-refractivity contribution in [1.82, 2.24) is 5.32 Å². The van der Waals surface area contributed by atoms with Gasteiger partial charge in [0.1, 0.15) is 0 Å². The molecule has 3 atom stereocenters. The third-order valence-electron chi connectivity index (χ3n) is 5.20. The van der Waals surface area contributed by atoms with Gasteiger partial charge >= 0.3 is 0 Å². The lowest BCUT2D eigenvalue weighted by Crippen LogP contribution is -2.67. The summed E-state index contributed by atoms with van der Waals surface area (Å²) < 4.78 is 5.87. The molecule has 2 rings (SSSR count). The van der Waals surface area contributed by atoms with Crippen molar-refractivity contribution < 1.29 is 9.84 Å². The van der Waals surface area contributed by atoms with Crippen molar-refractivity contribution in [3.63, 3.8) is 0 Å². The van der Waals surface area contributed by atoms with Gasteiger partial charge in [0.25, 0.3) is 0 Å². The number of hydrogen-bond donors (Lipinski definition) is 2. The van der Waals surface area contributed by atoms with Crippen LogP contribution in [-0.4, -0.2) is 37.0 Å². The van der Waals surface area contributed by atoms with Gasteiger partial charge in [-0.3, -0.25) is 0 Å². The van der Waals surface area contributed by atoms with Gasteiger partial charge in [0, 0.05) is 24.7 Å². The highest BCUT2D eigenvalue weighted by molar-refractivity contribution is 5.12. The fourth-order valence-electron chi connectivity index (χ4n) is 3.67. The first-order chi connectivity index (χ1) is 8.76. The smallest absolute Gasteiger partial charge is 0.0661 e. The van der Waals surface area contributed by atoms with Crippen LogP contribution in [0.3, 0.4) is 0 Å².